The Bertz CT molecular complexity index is 4680. The van der Waals surface area contributed by atoms with E-state index in [-0.39, 0.29) is 43.4 Å². The summed E-state index contributed by atoms with van der Waals surface area (Å²) in [6, 6.07) is 20.4. The van der Waals surface area contributed by atoms with E-state index < -0.39 is 35.5 Å². The van der Waals surface area contributed by atoms with E-state index in [9.17, 15) is 13.7 Å². The number of hydrogen-bond donors (Lipinski definition) is 1. The molecule has 4 aromatic heterocycles. The first-order chi connectivity index (χ1) is 50.1. The van der Waals surface area contributed by atoms with Gasteiger partial charge in [0.1, 0.15) is 23.1 Å². The van der Waals surface area contributed by atoms with Crippen LogP contribution < -0.4 is 10.2 Å². The number of hydroxylamine groups is 2. The molecule has 28 heteroatoms. The fraction of sp³-hybridized carbons (Fsp3) is 0.545. The van der Waals surface area contributed by atoms with Crippen LogP contribution in [0, 0.1) is 52.9 Å². The van der Waals surface area contributed by atoms with Gasteiger partial charge in [-0.15, -0.1) is 19.6 Å². The fourth-order valence-corrected chi connectivity index (χ4v) is 20.4. The van der Waals surface area contributed by atoms with Gasteiger partial charge in [0.05, 0.1) is 58.5 Å². The molecule has 1 N–H and O–H groups in total. The Balaban J connectivity index is 1.40. The van der Waals surface area contributed by atoms with Crippen molar-refractivity contribution in [3.05, 3.63) is 105 Å². The molecule has 0 spiro atoms. The van der Waals surface area contributed by atoms with Crippen LogP contribution in [-0.4, -0.2) is 120 Å². The second kappa shape index (κ2) is 38.2. The van der Waals surface area contributed by atoms with Gasteiger partial charge in [0, 0.05) is 68.4 Å². The van der Waals surface area contributed by atoms with E-state index in [1.54, 1.807) is 60.6 Å². The van der Waals surface area contributed by atoms with E-state index in [1.165, 1.54) is 22.7 Å². The van der Waals surface area contributed by atoms with Crippen molar-refractivity contribution in [3.63, 3.8) is 0 Å². The first-order valence-electron chi connectivity index (χ1n) is 37.4. The number of hydrogen-bond acceptors (Lipinski definition) is 21. The predicted octanol–water partition coefficient (Wildman–Crippen LogP) is 20.7. The summed E-state index contributed by atoms with van der Waals surface area (Å²) in [5.41, 5.74) is 5.71. The lowest BCUT2D eigenvalue weighted by molar-refractivity contribution is -0.360. The van der Waals surface area contributed by atoms with Gasteiger partial charge in [0.25, 0.3) is 0 Å². The van der Waals surface area contributed by atoms with E-state index in [0.29, 0.717) is 154 Å². The Kier molecular flexibility index (Phi) is 30.6. The molecule has 572 valence electrons. The SMILES string of the molecule is CCCCN(CCCC)OOSc1ccc2nc(-n3nc(C(C)(C)C)c(C#N)c3N=Nc3c(C)cc(N(c4nc5ccc(S(=O)(=O)N(CCCC)CCCC)cc5s4)c4cc(S(=O)(=O)N(CCCC)CCCC)c(C)cc4C)nc3Nc3c(C)cc(C)c(S(=O)(=O)N(CCCC)CCCC)c3C)sc2c1. The number of benzene rings is 4. The Morgan fingerprint density at radius 2 is 1.10 bits per heavy atom. The maximum atomic E-state index is 15.3. The lowest BCUT2D eigenvalue weighted by Gasteiger charge is -2.28. The van der Waals surface area contributed by atoms with E-state index >= 15 is 16.8 Å². The smallest absolute Gasteiger partial charge is 0.243 e. The van der Waals surface area contributed by atoms with Gasteiger partial charge in [-0.25, -0.2) is 40.2 Å². The molecule has 0 bridgehead atoms. The van der Waals surface area contributed by atoms with Gasteiger partial charge in [-0.1, -0.05) is 162 Å². The highest BCUT2D eigenvalue weighted by Crippen LogP contribution is 2.47. The summed E-state index contributed by atoms with van der Waals surface area (Å²) < 4.78 is 104. The van der Waals surface area contributed by atoms with Crippen LogP contribution in [-0.2, 0) is 44.8 Å². The van der Waals surface area contributed by atoms with E-state index in [4.69, 9.17) is 39.6 Å². The minimum Gasteiger partial charge on any atom is -0.338 e. The number of anilines is 5. The Hall–Kier alpha value is -6.33. The highest BCUT2D eigenvalue weighted by molar-refractivity contribution is 7.94. The Morgan fingerprint density at radius 1 is 0.571 bits per heavy atom. The third kappa shape index (κ3) is 20.1. The summed E-state index contributed by atoms with van der Waals surface area (Å²) in [4.78, 5) is 24.6. The number of sulfonamides is 3. The molecule has 0 amide bonds. The predicted molar refractivity (Wildman–Crippen MR) is 430 cm³/mol. The number of rotatable bonds is 42. The first kappa shape index (κ1) is 84.3. The van der Waals surface area contributed by atoms with Crippen molar-refractivity contribution in [3.8, 4) is 11.2 Å². The van der Waals surface area contributed by atoms with Gasteiger partial charge >= 0.3 is 0 Å². The summed E-state index contributed by atoms with van der Waals surface area (Å²) in [5, 5.41) is 32.7. The third-order valence-corrected chi connectivity index (χ3v) is 27.2. The molecule has 0 atom stereocenters. The average Bonchev–Trinajstić information content (AvgIpc) is 1.73. The van der Waals surface area contributed by atoms with Gasteiger partial charge in [0.2, 0.25) is 35.2 Å². The summed E-state index contributed by atoms with van der Waals surface area (Å²) in [6.07, 6.45) is 12.9. The molecule has 22 nitrogen and oxygen atoms in total. The number of unbranched alkanes of at least 4 members (excludes halogenated alkanes) is 8. The molecule has 0 saturated carbocycles. The molecule has 0 unspecified atom stereocenters. The van der Waals surface area contributed by atoms with E-state index in [0.717, 1.165) is 98.9 Å². The number of pyridine rings is 1. The molecule has 105 heavy (non-hydrogen) atoms. The van der Waals surface area contributed by atoms with Crippen LogP contribution in [0.25, 0.3) is 25.6 Å². The van der Waals surface area contributed by atoms with Gasteiger partial charge in [0.15, 0.2) is 16.8 Å². The summed E-state index contributed by atoms with van der Waals surface area (Å²) in [6.45, 7) is 37.2. The van der Waals surface area contributed by atoms with Crippen molar-refractivity contribution < 1.29 is 34.6 Å². The number of nitriles is 1. The van der Waals surface area contributed by atoms with Crippen LogP contribution >= 0.6 is 34.7 Å². The maximum Gasteiger partial charge on any atom is 0.243 e. The zero-order chi connectivity index (χ0) is 76.6. The molecule has 0 fully saturated rings. The second-order valence-electron chi connectivity index (χ2n) is 28.2. The standard InChI is InChI=1S/C77H110N14O8S6/c1-18-26-38-86(39-27-19-2)98-99-102-59-34-36-62-65(49-59)101-76(80-62)91-74(61(52-78)72(85-91)77(15,16)17)84-83-70-56(12)48-68(81-73(70)82-69-55(11)47-57(13)71(58(69)14)105(96,97)89(44-32-24-7)45-33-25-8)90(64-51-67(54(10)46-53(64)9)104(94,95)88(42-30-22-5)43-31-23-6)75-79-63-37-35-60(50-66(63)100-75)103(92,93)87(40-28-20-3)41-29-21-4/h34-37,46-51H,18-33,38-45H2,1-17H3,(H,81,82). The summed E-state index contributed by atoms with van der Waals surface area (Å²) in [5.74, 6) is 0.477. The van der Waals surface area contributed by atoms with Gasteiger partial charge < -0.3 is 5.32 Å². The molecule has 0 radical (unpaired) electrons. The van der Waals surface area contributed by atoms with Crippen LogP contribution in [0.1, 0.15) is 224 Å². The number of aromatic nitrogens is 5. The highest BCUT2D eigenvalue weighted by Gasteiger charge is 2.35. The van der Waals surface area contributed by atoms with Crippen molar-refractivity contribution in [1.29, 1.82) is 5.26 Å². The largest absolute Gasteiger partial charge is 0.338 e. The molecule has 4 heterocycles. The quantitative estimate of drug-likeness (QED) is 0.0161. The molecule has 8 aromatic rings. The van der Waals surface area contributed by atoms with Crippen molar-refractivity contribution >= 4 is 125 Å². The number of fused-ring (bicyclic) bond motifs is 2. The summed E-state index contributed by atoms with van der Waals surface area (Å²) >= 11 is 3.69. The molecule has 0 aliphatic carbocycles. The zero-order valence-electron chi connectivity index (χ0n) is 64.8. The fourth-order valence-electron chi connectivity index (χ4n) is 12.5. The van der Waals surface area contributed by atoms with E-state index in [1.807, 2.05) is 131 Å². The van der Waals surface area contributed by atoms with Crippen LogP contribution in [0.2, 0.25) is 0 Å². The average molecular weight is 1550 g/mol. The Morgan fingerprint density at radius 3 is 1.66 bits per heavy atom. The highest BCUT2D eigenvalue weighted by atomic mass is 32.2. The van der Waals surface area contributed by atoms with Gasteiger partial charge in [-0.3, -0.25) is 4.90 Å². The minimum atomic E-state index is -4.12. The normalized spacial score (nSPS) is 12.6. The van der Waals surface area contributed by atoms with Crippen LogP contribution in [0.4, 0.5) is 39.6 Å². The van der Waals surface area contributed by atoms with Crippen molar-refractivity contribution in [1.82, 2.24) is 42.7 Å². The van der Waals surface area contributed by atoms with Crippen LogP contribution in [0.5, 0.6) is 0 Å². The molecular weight excluding hydrogens is 1440 g/mol. The molecular formula is C77H110N14O8S6. The first-order valence-corrected chi connectivity index (χ1v) is 44.1. The van der Waals surface area contributed by atoms with E-state index in [2.05, 4.69) is 25.2 Å². The van der Waals surface area contributed by atoms with Gasteiger partial charge in [-0.2, -0.15) is 33.0 Å². The molecule has 4 aromatic carbocycles. The lowest BCUT2D eigenvalue weighted by Crippen LogP contribution is -2.34. The number of nitrogens with one attached hydrogen (secondary N) is 1. The molecule has 0 aliphatic heterocycles. The minimum absolute atomic E-state index is 0.101. The molecule has 8 rings (SSSR count). The van der Waals surface area contributed by atoms with Crippen molar-refractivity contribution in [2.45, 2.75) is 245 Å². The summed E-state index contributed by atoms with van der Waals surface area (Å²) in [7, 11) is -12.2. The number of aryl methyl sites for hydroxylation is 5. The maximum absolute atomic E-state index is 15.3. The van der Waals surface area contributed by atoms with Crippen molar-refractivity contribution in [2.24, 2.45) is 10.2 Å². The van der Waals surface area contributed by atoms with Crippen molar-refractivity contribution in [2.75, 3.05) is 62.6 Å². The molecule has 0 aliphatic rings. The zero-order valence-corrected chi connectivity index (χ0v) is 69.7. The topological polar surface area (TPSA) is 254 Å². The lowest BCUT2D eigenvalue weighted by atomic mass is 9.90. The molecule has 0 saturated heterocycles. The van der Waals surface area contributed by atoms with Crippen LogP contribution in [0.3, 0.4) is 0 Å². The van der Waals surface area contributed by atoms with Crippen LogP contribution in [0.15, 0.2) is 90.5 Å². The monoisotopic (exact) mass is 1550 g/mol. The number of nitrogens with zero attached hydrogens (tertiary/aromatic N) is 13. The second-order valence-corrected chi connectivity index (χ2v) is 36.7. The number of azo groups is 1. The van der Waals surface area contributed by atoms with Gasteiger partial charge in [-0.05, 0) is 175 Å². The third-order valence-electron chi connectivity index (χ3n) is 18.5. The number of thiazole rings is 2. The Labute approximate surface area is 637 Å².